The van der Waals surface area contributed by atoms with Crippen LogP contribution < -0.4 is 0 Å². The molecule has 1 rings (SSSR count). The molecule has 7 heavy (non-hydrogen) atoms. The van der Waals surface area contributed by atoms with Crippen LogP contribution in [-0.4, -0.2) is 49.5 Å². The van der Waals surface area contributed by atoms with Crippen LogP contribution in [0.25, 0.3) is 0 Å². The Morgan fingerprint density at radius 3 is 1.14 bits per heavy atom. The zero-order valence-electron chi connectivity index (χ0n) is 4.35. The fourth-order valence-electron chi connectivity index (χ4n) is 0.440. The van der Waals surface area contributed by atoms with Gasteiger partial charge < -0.3 is 9.47 Å². The van der Waals surface area contributed by atoms with E-state index in [1.165, 1.54) is 0 Å². The molecule has 0 N–H and O–H groups in total. The van der Waals surface area contributed by atoms with Gasteiger partial charge in [0, 0.05) is 23.1 Å². The minimum absolute atomic E-state index is 0. The Labute approximate surface area is 59.3 Å². The molecule has 0 aliphatic carbocycles. The minimum Gasteiger partial charge on any atom is -0.377 e. The van der Waals surface area contributed by atoms with E-state index < -0.39 is 0 Å². The summed E-state index contributed by atoms with van der Waals surface area (Å²) in [5.74, 6) is 0. The van der Waals surface area contributed by atoms with Crippen LogP contribution in [0.1, 0.15) is 0 Å². The van der Waals surface area contributed by atoms with Crippen molar-refractivity contribution in [2.75, 3.05) is 26.4 Å². The molecule has 2 radical (unpaired) electrons. The Balaban J connectivity index is 0.000000360. The first-order valence-electron chi connectivity index (χ1n) is 2.15. The lowest BCUT2D eigenvalue weighted by molar-refractivity contribution is -0.0334. The van der Waals surface area contributed by atoms with Gasteiger partial charge in [0.2, 0.25) is 0 Å². The SMILES string of the molecule is C1COCCO1.[Mg]. The van der Waals surface area contributed by atoms with Crippen LogP contribution in [0.15, 0.2) is 0 Å². The van der Waals surface area contributed by atoms with Crippen LogP contribution in [0.5, 0.6) is 0 Å². The van der Waals surface area contributed by atoms with Gasteiger partial charge in [-0.2, -0.15) is 0 Å². The summed E-state index contributed by atoms with van der Waals surface area (Å²) in [6.07, 6.45) is 0. The van der Waals surface area contributed by atoms with Gasteiger partial charge in [-0.1, -0.05) is 0 Å². The average Bonchev–Trinajstić information content (AvgIpc) is 1.72. The Morgan fingerprint density at radius 1 is 0.714 bits per heavy atom. The van der Waals surface area contributed by atoms with Crippen molar-refractivity contribution in [3.8, 4) is 0 Å². The molecule has 1 aliphatic rings. The van der Waals surface area contributed by atoms with Gasteiger partial charge in [0.05, 0.1) is 26.4 Å². The number of rotatable bonds is 0. The molecule has 1 saturated heterocycles. The van der Waals surface area contributed by atoms with E-state index in [4.69, 9.17) is 9.47 Å². The summed E-state index contributed by atoms with van der Waals surface area (Å²) in [6.45, 7) is 3.11. The lowest BCUT2D eigenvalue weighted by atomic mass is 10.6. The molecular weight excluding hydrogens is 104 g/mol. The van der Waals surface area contributed by atoms with Crippen molar-refractivity contribution in [1.29, 1.82) is 0 Å². The minimum atomic E-state index is 0. The molecule has 0 amide bonds. The molecule has 1 heterocycles. The second-order valence-corrected chi connectivity index (χ2v) is 1.22. The highest BCUT2D eigenvalue weighted by Gasteiger charge is 1.94. The Bertz CT molecular complexity index is 25.2. The summed E-state index contributed by atoms with van der Waals surface area (Å²) in [6, 6.07) is 0. The highest BCUT2D eigenvalue weighted by Crippen LogP contribution is 1.85. The van der Waals surface area contributed by atoms with Gasteiger partial charge in [0.15, 0.2) is 0 Å². The summed E-state index contributed by atoms with van der Waals surface area (Å²) < 4.78 is 9.89. The highest BCUT2D eigenvalue weighted by atomic mass is 24.3. The Morgan fingerprint density at radius 2 is 1.00 bits per heavy atom. The maximum Gasteiger partial charge on any atom is 0.0701 e. The van der Waals surface area contributed by atoms with Gasteiger partial charge in [-0.15, -0.1) is 0 Å². The predicted octanol–water partition coefficient (Wildman–Crippen LogP) is -0.348. The highest BCUT2D eigenvalue weighted by molar-refractivity contribution is 5.75. The van der Waals surface area contributed by atoms with Gasteiger partial charge in [-0.25, -0.2) is 0 Å². The summed E-state index contributed by atoms with van der Waals surface area (Å²) in [5.41, 5.74) is 0. The average molecular weight is 112 g/mol. The standard InChI is InChI=1S/C4H8O2.Mg/c1-2-6-4-3-5-1;/h1-4H2;. The maximum atomic E-state index is 4.94. The van der Waals surface area contributed by atoms with Crippen LogP contribution in [0.2, 0.25) is 0 Å². The van der Waals surface area contributed by atoms with Gasteiger partial charge in [-0.05, 0) is 0 Å². The second-order valence-electron chi connectivity index (χ2n) is 1.22. The molecule has 0 bridgehead atoms. The first-order chi connectivity index (χ1) is 3.00. The van der Waals surface area contributed by atoms with E-state index >= 15 is 0 Å². The smallest absolute Gasteiger partial charge is 0.0701 e. The van der Waals surface area contributed by atoms with E-state index in [9.17, 15) is 0 Å². The number of hydrogen-bond acceptors (Lipinski definition) is 2. The summed E-state index contributed by atoms with van der Waals surface area (Å²) in [4.78, 5) is 0. The van der Waals surface area contributed by atoms with Gasteiger partial charge >= 0.3 is 0 Å². The number of hydrogen-bond donors (Lipinski definition) is 0. The second kappa shape index (κ2) is 4.84. The van der Waals surface area contributed by atoms with E-state index in [2.05, 4.69) is 0 Å². The third-order valence-corrected chi connectivity index (χ3v) is 0.744. The van der Waals surface area contributed by atoms with E-state index in [-0.39, 0.29) is 23.1 Å². The van der Waals surface area contributed by atoms with Crippen molar-refractivity contribution in [3.05, 3.63) is 0 Å². The molecule has 1 aliphatic heterocycles. The Hall–Kier alpha value is 0.686. The van der Waals surface area contributed by atoms with E-state index in [0.717, 1.165) is 26.4 Å². The lowest BCUT2D eigenvalue weighted by Gasteiger charge is -2.09. The zero-order chi connectivity index (χ0) is 4.24. The third-order valence-electron chi connectivity index (χ3n) is 0.744. The molecule has 2 nitrogen and oxygen atoms in total. The summed E-state index contributed by atoms with van der Waals surface area (Å²) >= 11 is 0. The van der Waals surface area contributed by atoms with Gasteiger partial charge in [0.1, 0.15) is 0 Å². The molecule has 1 fully saturated rings. The molecule has 0 spiro atoms. The lowest BCUT2D eigenvalue weighted by Crippen LogP contribution is -2.16. The first-order valence-corrected chi connectivity index (χ1v) is 2.15. The monoisotopic (exact) mass is 112 g/mol. The molecule has 0 aromatic rings. The van der Waals surface area contributed by atoms with Crippen molar-refractivity contribution in [2.45, 2.75) is 0 Å². The Kier molecular flexibility index (Phi) is 5.31. The van der Waals surface area contributed by atoms with Crippen LogP contribution in [0.4, 0.5) is 0 Å². The topological polar surface area (TPSA) is 18.5 Å². The van der Waals surface area contributed by atoms with Gasteiger partial charge in [0.25, 0.3) is 0 Å². The van der Waals surface area contributed by atoms with Crippen molar-refractivity contribution in [2.24, 2.45) is 0 Å². The first kappa shape index (κ1) is 7.69. The van der Waals surface area contributed by atoms with E-state index in [1.807, 2.05) is 0 Å². The summed E-state index contributed by atoms with van der Waals surface area (Å²) in [5, 5.41) is 0. The van der Waals surface area contributed by atoms with Crippen LogP contribution in [0.3, 0.4) is 0 Å². The van der Waals surface area contributed by atoms with Crippen molar-refractivity contribution < 1.29 is 9.47 Å². The van der Waals surface area contributed by atoms with Crippen molar-refractivity contribution in [3.63, 3.8) is 0 Å². The molecule has 0 unspecified atom stereocenters. The molecule has 3 heteroatoms. The van der Waals surface area contributed by atoms with E-state index in [1.54, 1.807) is 0 Å². The van der Waals surface area contributed by atoms with Crippen LogP contribution in [-0.2, 0) is 9.47 Å². The zero-order valence-corrected chi connectivity index (χ0v) is 5.77. The fourth-order valence-corrected chi connectivity index (χ4v) is 0.440. The molecule has 0 aromatic heterocycles. The largest absolute Gasteiger partial charge is 0.377 e. The molecular formula is C4H8MgO2. The van der Waals surface area contributed by atoms with Crippen LogP contribution in [0, 0.1) is 0 Å². The van der Waals surface area contributed by atoms with Crippen molar-refractivity contribution >= 4 is 23.1 Å². The summed E-state index contributed by atoms with van der Waals surface area (Å²) in [7, 11) is 0. The maximum absolute atomic E-state index is 4.94. The molecule has 0 saturated carbocycles. The normalized spacial score (nSPS) is 20.6. The quantitative estimate of drug-likeness (QED) is 0.399. The van der Waals surface area contributed by atoms with E-state index in [0.29, 0.717) is 0 Å². The van der Waals surface area contributed by atoms with Gasteiger partial charge in [-0.3, -0.25) is 0 Å². The predicted molar refractivity (Wildman–Crippen MR) is 27.4 cm³/mol. The fraction of sp³-hybridized carbons (Fsp3) is 1.00. The van der Waals surface area contributed by atoms with Crippen LogP contribution >= 0.6 is 0 Å². The molecule has 38 valence electrons. The third kappa shape index (κ3) is 3.28. The molecule has 0 atom stereocenters. The number of ether oxygens (including phenoxy) is 2. The molecule has 0 aromatic carbocycles. The van der Waals surface area contributed by atoms with Crippen molar-refractivity contribution in [1.82, 2.24) is 0 Å².